The van der Waals surface area contributed by atoms with Crippen LogP contribution in [0, 0.1) is 17.5 Å². The number of anilines is 2. The number of hydrogen-bond donors (Lipinski definition) is 1. The fourth-order valence-corrected chi connectivity index (χ4v) is 3.63. The summed E-state index contributed by atoms with van der Waals surface area (Å²) in [5.41, 5.74) is 2.53. The molecule has 0 bridgehead atoms. The average molecular weight is 463 g/mol. The Morgan fingerprint density at radius 1 is 0.788 bits per heavy atom. The third-order valence-electron chi connectivity index (χ3n) is 5.04. The van der Waals surface area contributed by atoms with Gasteiger partial charge in [0.1, 0.15) is 23.3 Å². The highest BCUT2D eigenvalue weighted by Gasteiger charge is 2.14. The van der Waals surface area contributed by atoms with Crippen LogP contribution in [0.15, 0.2) is 79.1 Å². The molecule has 0 aliphatic carbocycles. The van der Waals surface area contributed by atoms with Gasteiger partial charge in [-0.2, -0.15) is 0 Å². The smallest absolute Gasteiger partial charge is 0.163 e. The minimum atomic E-state index is -0.671. The zero-order chi connectivity index (χ0) is 22.9. The fourth-order valence-electron chi connectivity index (χ4n) is 3.45. The molecular formula is C25H14ClF3N4. The molecule has 5 rings (SSSR count). The van der Waals surface area contributed by atoms with Crippen molar-refractivity contribution < 1.29 is 13.2 Å². The van der Waals surface area contributed by atoms with Gasteiger partial charge in [-0.25, -0.2) is 23.1 Å². The lowest BCUT2D eigenvalue weighted by atomic mass is 10.0. The molecule has 0 fully saturated rings. The van der Waals surface area contributed by atoms with Crippen molar-refractivity contribution in [1.29, 1.82) is 0 Å². The van der Waals surface area contributed by atoms with Crippen molar-refractivity contribution in [2.24, 2.45) is 0 Å². The van der Waals surface area contributed by atoms with Crippen molar-refractivity contribution in [2.45, 2.75) is 0 Å². The molecule has 0 aliphatic heterocycles. The Bertz CT molecular complexity index is 1490. The predicted octanol–water partition coefficient (Wildman–Crippen LogP) is 7.17. The van der Waals surface area contributed by atoms with E-state index in [0.29, 0.717) is 39.4 Å². The van der Waals surface area contributed by atoms with Crippen LogP contribution in [-0.4, -0.2) is 15.0 Å². The van der Waals surface area contributed by atoms with E-state index in [4.69, 9.17) is 11.6 Å². The van der Waals surface area contributed by atoms with Gasteiger partial charge in [-0.3, -0.25) is 4.98 Å². The molecular weight excluding hydrogens is 449 g/mol. The lowest BCUT2D eigenvalue weighted by Gasteiger charge is -2.13. The van der Waals surface area contributed by atoms with Crippen LogP contribution >= 0.6 is 11.6 Å². The molecule has 2 aromatic heterocycles. The van der Waals surface area contributed by atoms with E-state index < -0.39 is 17.5 Å². The maximum Gasteiger partial charge on any atom is 0.163 e. The summed E-state index contributed by atoms with van der Waals surface area (Å²) in [6.07, 6.45) is 3.27. The Morgan fingerprint density at radius 2 is 1.67 bits per heavy atom. The molecule has 5 aromatic rings. The highest BCUT2D eigenvalue weighted by molar-refractivity contribution is 6.31. The summed E-state index contributed by atoms with van der Waals surface area (Å²) in [6.45, 7) is 0. The fraction of sp³-hybridized carbons (Fsp3) is 0. The molecule has 4 nitrogen and oxygen atoms in total. The number of benzene rings is 3. The first-order valence-electron chi connectivity index (χ1n) is 9.87. The molecule has 0 spiro atoms. The minimum absolute atomic E-state index is 0.0279. The summed E-state index contributed by atoms with van der Waals surface area (Å²) in [5.74, 6) is -1.01. The molecule has 3 aromatic carbocycles. The van der Waals surface area contributed by atoms with E-state index in [0.717, 1.165) is 6.07 Å². The van der Waals surface area contributed by atoms with E-state index >= 15 is 0 Å². The van der Waals surface area contributed by atoms with E-state index in [1.807, 2.05) is 6.07 Å². The molecule has 0 saturated carbocycles. The first kappa shape index (κ1) is 20.9. The SMILES string of the molecule is Fc1ccc(-c2ccc3c(Nc4ccc(F)c(Cl)c4)nc(-c4cccnc4)nc3c2)c(F)c1. The van der Waals surface area contributed by atoms with E-state index in [1.165, 1.54) is 24.3 Å². The topological polar surface area (TPSA) is 50.7 Å². The largest absolute Gasteiger partial charge is 0.340 e. The summed E-state index contributed by atoms with van der Waals surface area (Å²) in [7, 11) is 0. The molecule has 2 heterocycles. The molecule has 0 amide bonds. The van der Waals surface area contributed by atoms with Gasteiger partial charge in [0.05, 0.1) is 10.5 Å². The van der Waals surface area contributed by atoms with Crippen molar-refractivity contribution in [3.63, 3.8) is 0 Å². The lowest BCUT2D eigenvalue weighted by molar-refractivity contribution is 0.585. The molecule has 0 atom stereocenters. The maximum absolute atomic E-state index is 14.4. The van der Waals surface area contributed by atoms with E-state index in [1.54, 1.807) is 42.7 Å². The van der Waals surface area contributed by atoms with Crippen LogP contribution in [0.25, 0.3) is 33.4 Å². The zero-order valence-electron chi connectivity index (χ0n) is 16.9. The van der Waals surface area contributed by atoms with Gasteiger partial charge >= 0.3 is 0 Å². The summed E-state index contributed by atoms with van der Waals surface area (Å²) in [5, 5.41) is 3.78. The summed E-state index contributed by atoms with van der Waals surface area (Å²) in [6, 6.07) is 16.4. The summed E-state index contributed by atoms with van der Waals surface area (Å²) in [4.78, 5) is 13.4. The van der Waals surface area contributed by atoms with Crippen molar-refractivity contribution in [1.82, 2.24) is 15.0 Å². The van der Waals surface area contributed by atoms with E-state index in [2.05, 4.69) is 20.3 Å². The first-order chi connectivity index (χ1) is 16.0. The second kappa shape index (κ2) is 8.52. The Morgan fingerprint density at radius 3 is 2.42 bits per heavy atom. The van der Waals surface area contributed by atoms with Crippen LogP contribution in [0.2, 0.25) is 5.02 Å². The molecule has 162 valence electrons. The first-order valence-corrected chi connectivity index (χ1v) is 10.3. The number of pyridine rings is 1. The van der Waals surface area contributed by atoms with Crippen molar-refractivity contribution in [3.05, 3.63) is 102 Å². The number of fused-ring (bicyclic) bond motifs is 1. The third-order valence-corrected chi connectivity index (χ3v) is 5.33. The highest BCUT2D eigenvalue weighted by Crippen LogP contribution is 2.32. The summed E-state index contributed by atoms with van der Waals surface area (Å²) < 4.78 is 41.3. The Labute approximate surface area is 191 Å². The zero-order valence-corrected chi connectivity index (χ0v) is 17.6. The second-order valence-electron chi connectivity index (χ2n) is 7.25. The molecule has 0 unspecified atom stereocenters. The molecule has 1 N–H and O–H groups in total. The van der Waals surface area contributed by atoms with Gasteiger partial charge in [0, 0.05) is 40.7 Å². The standard InChI is InChI=1S/C25H14ClF3N4/c26-20-12-17(5-8-21(20)28)31-25-19-6-3-14(18-7-4-16(27)11-22(18)29)10-23(19)32-24(33-25)15-2-1-9-30-13-15/h1-13H,(H,31,32,33). The third kappa shape index (κ3) is 4.23. The van der Waals surface area contributed by atoms with Gasteiger partial charge in [0.2, 0.25) is 0 Å². The molecule has 0 saturated heterocycles. The van der Waals surface area contributed by atoms with E-state index in [9.17, 15) is 13.2 Å². The Hall–Kier alpha value is -3.97. The molecule has 33 heavy (non-hydrogen) atoms. The number of nitrogens with zero attached hydrogens (tertiary/aromatic N) is 3. The maximum atomic E-state index is 14.4. The van der Waals surface area contributed by atoms with Gasteiger partial charge in [0.15, 0.2) is 5.82 Å². The number of rotatable bonds is 4. The van der Waals surface area contributed by atoms with Crippen LogP contribution in [0.1, 0.15) is 0 Å². The van der Waals surface area contributed by atoms with Gasteiger partial charge in [-0.15, -0.1) is 0 Å². The quantitative estimate of drug-likeness (QED) is 0.307. The van der Waals surface area contributed by atoms with Gasteiger partial charge in [-0.05, 0) is 60.2 Å². The molecule has 8 heteroatoms. The second-order valence-corrected chi connectivity index (χ2v) is 7.65. The monoisotopic (exact) mass is 462 g/mol. The molecule has 0 aliphatic rings. The van der Waals surface area contributed by atoms with E-state index in [-0.39, 0.29) is 10.6 Å². The number of halogens is 4. The highest BCUT2D eigenvalue weighted by atomic mass is 35.5. The van der Waals surface area contributed by atoms with Gasteiger partial charge < -0.3 is 5.32 Å². The Kier molecular flexibility index (Phi) is 5.40. The predicted molar refractivity (Wildman–Crippen MR) is 123 cm³/mol. The number of nitrogens with one attached hydrogen (secondary N) is 1. The van der Waals surface area contributed by atoms with Crippen LogP contribution < -0.4 is 5.32 Å². The van der Waals surface area contributed by atoms with Crippen molar-refractivity contribution in [3.8, 4) is 22.5 Å². The molecule has 0 radical (unpaired) electrons. The summed E-state index contributed by atoms with van der Waals surface area (Å²) >= 11 is 5.92. The Balaban J connectivity index is 1.68. The van der Waals surface area contributed by atoms with Crippen molar-refractivity contribution in [2.75, 3.05) is 5.32 Å². The van der Waals surface area contributed by atoms with Gasteiger partial charge in [-0.1, -0.05) is 17.7 Å². The van der Waals surface area contributed by atoms with Crippen LogP contribution in [0.4, 0.5) is 24.7 Å². The van der Waals surface area contributed by atoms with Gasteiger partial charge in [0.25, 0.3) is 0 Å². The van der Waals surface area contributed by atoms with Crippen molar-refractivity contribution >= 4 is 34.0 Å². The van der Waals surface area contributed by atoms with Crippen LogP contribution in [0.5, 0.6) is 0 Å². The van der Waals surface area contributed by atoms with Crippen LogP contribution in [-0.2, 0) is 0 Å². The number of hydrogen-bond acceptors (Lipinski definition) is 4. The number of aromatic nitrogens is 3. The van der Waals surface area contributed by atoms with Crippen LogP contribution in [0.3, 0.4) is 0 Å². The normalized spacial score (nSPS) is 11.0. The lowest BCUT2D eigenvalue weighted by Crippen LogP contribution is -2.00. The average Bonchev–Trinajstić information content (AvgIpc) is 2.81. The minimum Gasteiger partial charge on any atom is -0.340 e.